The van der Waals surface area contributed by atoms with Crippen LogP contribution in [-0.2, 0) is 9.47 Å². The van der Waals surface area contributed by atoms with Gasteiger partial charge in [-0.25, -0.2) is 0 Å². The summed E-state index contributed by atoms with van der Waals surface area (Å²) in [4.78, 5) is 0. The van der Waals surface area contributed by atoms with Crippen molar-refractivity contribution in [3.8, 4) is 0 Å². The summed E-state index contributed by atoms with van der Waals surface area (Å²) in [7, 11) is 0. The van der Waals surface area contributed by atoms with Crippen molar-refractivity contribution < 1.29 is 14.6 Å². The van der Waals surface area contributed by atoms with E-state index in [1.807, 2.05) is 0 Å². The minimum Gasteiger partial charge on any atom is -0.389 e. The van der Waals surface area contributed by atoms with Crippen molar-refractivity contribution in [2.24, 2.45) is 5.92 Å². The van der Waals surface area contributed by atoms with Gasteiger partial charge in [-0.05, 0) is 25.2 Å². The molecule has 0 heterocycles. The Balaban J connectivity index is 1.85. The fourth-order valence-electron chi connectivity index (χ4n) is 2.37. The number of hydrogen-bond donors (Lipinski definition) is 2. The molecule has 0 saturated heterocycles. The van der Waals surface area contributed by atoms with E-state index in [0.29, 0.717) is 31.8 Å². The van der Waals surface area contributed by atoms with Gasteiger partial charge in [-0.15, -0.1) is 0 Å². The average Bonchev–Trinajstić information content (AvgIpc) is 2.45. The summed E-state index contributed by atoms with van der Waals surface area (Å²) in [5.74, 6) is 0.696. The lowest BCUT2D eigenvalue weighted by molar-refractivity contribution is -0.0233. The van der Waals surface area contributed by atoms with Gasteiger partial charge in [0.1, 0.15) is 0 Å². The van der Waals surface area contributed by atoms with E-state index in [1.54, 1.807) is 0 Å². The summed E-state index contributed by atoms with van der Waals surface area (Å²) in [5, 5.41) is 13.0. The summed E-state index contributed by atoms with van der Waals surface area (Å²) in [6.45, 7) is 7.76. The van der Waals surface area contributed by atoms with Crippen molar-refractivity contribution in [1.82, 2.24) is 5.32 Å². The fraction of sp³-hybridized carbons (Fsp3) is 1.00. The third-order valence-electron chi connectivity index (χ3n) is 3.72. The maximum atomic E-state index is 9.83. The molecule has 0 aliphatic heterocycles. The highest BCUT2D eigenvalue weighted by Gasteiger charge is 2.15. The Morgan fingerprint density at radius 3 is 2.60 bits per heavy atom. The molecule has 0 aromatic rings. The highest BCUT2D eigenvalue weighted by Crippen LogP contribution is 2.20. The van der Waals surface area contributed by atoms with E-state index in [9.17, 15) is 5.11 Å². The van der Waals surface area contributed by atoms with Crippen LogP contribution in [0, 0.1) is 5.92 Å². The van der Waals surface area contributed by atoms with Crippen molar-refractivity contribution in [3.05, 3.63) is 0 Å². The lowest BCUT2D eigenvalue weighted by Crippen LogP contribution is -2.34. The molecule has 0 bridgehead atoms. The van der Waals surface area contributed by atoms with Crippen LogP contribution < -0.4 is 5.32 Å². The maximum absolute atomic E-state index is 9.83. The molecule has 0 amide bonds. The van der Waals surface area contributed by atoms with Crippen LogP contribution >= 0.6 is 0 Å². The van der Waals surface area contributed by atoms with E-state index in [0.717, 1.165) is 32.4 Å². The number of nitrogens with one attached hydrogen (secondary N) is 1. The first-order valence-electron chi connectivity index (χ1n) is 8.26. The summed E-state index contributed by atoms with van der Waals surface area (Å²) >= 11 is 0. The molecule has 1 saturated carbocycles. The zero-order chi connectivity index (χ0) is 14.6. The number of aliphatic hydroxyl groups is 1. The van der Waals surface area contributed by atoms with E-state index in [-0.39, 0.29) is 0 Å². The number of rotatable bonds is 11. The van der Waals surface area contributed by atoms with Crippen molar-refractivity contribution in [2.45, 2.75) is 64.6 Å². The van der Waals surface area contributed by atoms with Gasteiger partial charge >= 0.3 is 0 Å². The second-order valence-electron chi connectivity index (χ2n) is 6.25. The first-order chi connectivity index (χ1) is 9.68. The van der Waals surface area contributed by atoms with Gasteiger partial charge in [0.25, 0.3) is 0 Å². The Morgan fingerprint density at radius 1 is 1.15 bits per heavy atom. The Bertz CT molecular complexity index is 218. The van der Waals surface area contributed by atoms with Crippen LogP contribution in [0.15, 0.2) is 0 Å². The van der Waals surface area contributed by atoms with Gasteiger partial charge < -0.3 is 19.9 Å². The molecule has 0 aromatic carbocycles. The normalized spacial score (nSPS) is 18.6. The third kappa shape index (κ3) is 9.70. The zero-order valence-corrected chi connectivity index (χ0v) is 13.3. The maximum Gasteiger partial charge on any atom is 0.0897 e. The standard InChI is InChI=1S/C16H33NO3/c1-14(2)8-10-19-11-9-17-12-15(18)13-20-16-6-4-3-5-7-16/h14-18H,3-13H2,1-2H3. The molecule has 1 unspecified atom stereocenters. The van der Waals surface area contributed by atoms with Gasteiger partial charge in [0, 0.05) is 19.7 Å². The van der Waals surface area contributed by atoms with Crippen molar-refractivity contribution in [2.75, 3.05) is 32.9 Å². The molecule has 1 fully saturated rings. The van der Waals surface area contributed by atoms with Gasteiger partial charge in [0.05, 0.1) is 25.4 Å². The molecule has 4 heteroatoms. The van der Waals surface area contributed by atoms with Gasteiger partial charge in [0.15, 0.2) is 0 Å². The Hall–Kier alpha value is -0.160. The minimum absolute atomic E-state index is 0.373. The molecule has 1 rings (SSSR count). The third-order valence-corrected chi connectivity index (χ3v) is 3.72. The van der Waals surface area contributed by atoms with E-state index in [4.69, 9.17) is 9.47 Å². The Labute approximate surface area is 124 Å². The second kappa shape index (κ2) is 11.5. The fourth-order valence-corrected chi connectivity index (χ4v) is 2.37. The van der Waals surface area contributed by atoms with Crippen molar-refractivity contribution >= 4 is 0 Å². The molecule has 0 radical (unpaired) electrons. The van der Waals surface area contributed by atoms with Crippen LogP contribution in [0.3, 0.4) is 0 Å². The largest absolute Gasteiger partial charge is 0.389 e. The number of hydrogen-bond acceptors (Lipinski definition) is 4. The topological polar surface area (TPSA) is 50.7 Å². The van der Waals surface area contributed by atoms with Crippen LogP contribution in [-0.4, -0.2) is 50.2 Å². The number of aliphatic hydroxyl groups excluding tert-OH is 1. The molecule has 20 heavy (non-hydrogen) atoms. The van der Waals surface area contributed by atoms with Gasteiger partial charge in [-0.1, -0.05) is 33.1 Å². The molecular weight excluding hydrogens is 254 g/mol. The van der Waals surface area contributed by atoms with Gasteiger partial charge in [0.2, 0.25) is 0 Å². The first-order valence-corrected chi connectivity index (χ1v) is 8.26. The summed E-state index contributed by atoms with van der Waals surface area (Å²) in [6.07, 6.45) is 7.26. The van der Waals surface area contributed by atoms with Crippen LogP contribution in [0.4, 0.5) is 0 Å². The molecule has 120 valence electrons. The first kappa shape index (κ1) is 17.9. The lowest BCUT2D eigenvalue weighted by Gasteiger charge is -2.23. The number of ether oxygens (including phenoxy) is 2. The van der Waals surface area contributed by atoms with E-state index in [1.165, 1.54) is 19.3 Å². The van der Waals surface area contributed by atoms with Gasteiger partial charge in [-0.3, -0.25) is 0 Å². The summed E-state index contributed by atoms with van der Waals surface area (Å²) < 4.78 is 11.3. The Morgan fingerprint density at radius 2 is 1.90 bits per heavy atom. The van der Waals surface area contributed by atoms with Crippen molar-refractivity contribution in [3.63, 3.8) is 0 Å². The molecule has 0 spiro atoms. The SMILES string of the molecule is CC(C)CCOCCNCC(O)COC1CCCCC1. The van der Waals surface area contributed by atoms with E-state index >= 15 is 0 Å². The molecule has 1 aliphatic carbocycles. The highest BCUT2D eigenvalue weighted by atomic mass is 16.5. The highest BCUT2D eigenvalue weighted by molar-refractivity contribution is 4.67. The quantitative estimate of drug-likeness (QED) is 0.573. The van der Waals surface area contributed by atoms with E-state index in [2.05, 4.69) is 19.2 Å². The minimum atomic E-state index is -0.410. The van der Waals surface area contributed by atoms with E-state index < -0.39 is 6.10 Å². The lowest BCUT2D eigenvalue weighted by atomic mass is 9.98. The van der Waals surface area contributed by atoms with Crippen molar-refractivity contribution in [1.29, 1.82) is 0 Å². The van der Waals surface area contributed by atoms with Crippen LogP contribution in [0.5, 0.6) is 0 Å². The van der Waals surface area contributed by atoms with Crippen LogP contribution in [0.2, 0.25) is 0 Å². The predicted octanol–water partition coefficient (Wildman–Crippen LogP) is 2.35. The zero-order valence-electron chi connectivity index (χ0n) is 13.3. The monoisotopic (exact) mass is 287 g/mol. The van der Waals surface area contributed by atoms with Crippen LogP contribution in [0.25, 0.3) is 0 Å². The molecule has 0 aromatic heterocycles. The molecule has 1 atom stereocenters. The smallest absolute Gasteiger partial charge is 0.0897 e. The molecule has 1 aliphatic rings. The van der Waals surface area contributed by atoms with Gasteiger partial charge in [-0.2, -0.15) is 0 Å². The molecule has 2 N–H and O–H groups in total. The predicted molar refractivity (Wildman–Crippen MR) is 82.0 cm³/mol. The second-order valence-corrected chi connectivity index (χ2v) is 6.25. The Kier molecular flexibility index (Phi) is 10.3. The summed E-state index contributed by atoms with van der Waals surface area (Å²) in [5.41, 5.74) is 0. The van der Waals surface area contributed by atoms with Crippen LogP contribution in [0.1, 0.15) is 52.4 Å². The summed E-state index contributed by atoms with van der Waals surface area (Å²) in [6, 6.07) is 0. The average molecular weight is 287 g/mol. The molecular formula is C16H33NO3. The molecule has 4 nitrogen and oxygen atoms in total.